The van der Waals surface area contributed by atoms with E-state index in [2.05, 4.69) is 30.8 Å². The van der Waals surface area contributed by atoms with E-state index in [0.29, 0.717) is 11.9 Å². The number of anilines is 1. The summed E-state index contributed by atoms with van der Waals surface area (Å²) in [5.41, 5.74) is 0. The molecule has 1 aliphatic carbocycles. The topological polar surface area (TPSA) is 38.2 Å². The summed E-state index contributed by atoms with van der Waals surface area (Å²) in [5, 5.41) is 0.945. The van der Waals surface area contributed by atoms with Crippen LogP contribution in [-0.4, -0.2) is 34.0 Å². The third kappa shape index (κ3) is 3.34. The highest BCUT2D eigenvalue weighted by Gasteiger charge is 2.26. The largest absolute Gasteiger partial charge is 0.474 e. The minimum atomic E-state index is 0.128. The fraction of sp³-hybridized carbons (Fsp3) is 0.692. The lowest BCUT2D eigenvalue weighted by molar-refractivity contribution is 0.231. The van der Waals surface area contributed by atoms with Gasteiger partial charge in [-0.15, -0.1) is 0 Å². The lowest BCUT2D eigenvalue weighted by atomic mass is 9.91. The van der Waals surface area contributed by atoms with Crippen molar-refractivity contribution in [2.75, 3.05) is 16.8 Å². The van der Waals surface area contributed by atoms with Crippen molar-refractivity contribution in [1.29, 1.82) is 0 Å². The van der Waals surface area contributed by atoms with E-state index in [-0.39, 0.29) is 6.10 Å². The van der Waals surface area contributed by atoms with Crippen LogP contribution in [0.2, 0.25) is 0 Å². The molecule has 0 atom stereocenters. The minimum Gasteiger partial charge on any atom is -0.474 e. The van der Waals surface area contributed by atoms with E-state index in [1.807, 2.05) is 20.0 Å². The molecule has 18 heavy (non-hydrogen) atoms. The lowest BCUT2D eigenvalue weighted by Gasteiger charge is -2.38. The van der Waals surface area contributed by atoms with E-state index in [4.69, 9.17) is 4.74 Å². The number of halogens is 1. The van der Waals surface area contributed by atoms with Gasteiger partial charge in [-0.25, -0.2) is 0 Å². The summed E-state index contributed by atoms with van der Waals surface area (Å²) in [4.78, 5) is 11.1. The molecule has 100 valence electrons. The number of hydrogen-bond donors (Lipinski definition) is 0. The van der Waals surface area contributed by atoms with E-state index >= 15 is 0 Å². The highest BCUT2D eigenvalue weighted by atomic mass is 79.9. The minimum absolute atomic E-state index is 0.128. The molecule has 1 aromatic heterocycles. The summed E-state index contributed by atoms with van der Waals surface area (Å²) in [6.45, 7) is 4.96. The van der Waals surface area contributed by atoms with Crippen molar-refractivity contribution in [1.82, 2.24) is 9.97 Å². The first-order valence-electron chi connectivity index (χ1n) is 6.52. The Hall–Kier alpha value is -0.840. The van der Waals surface area contributed by atoms with Crippen molar-refractivity contribution in [2.24, 2.45) is 0 Å². The molecule has 0 aromatic carbocycles. The van der Waals surface area contributed by atoms with Gasteiger partial charge < -0.3 is 9.64 Å². The summed E-state index contributed by atoms with van der Waals surface area (Å²) in [6.07, 6.45) is 7.46. The van der Waals surface area contributed by atoms with Crippen LogP contribution in [0.4, 0.5) is 5.82 Å². The molecule has 1 aliphatic rings. The highest BCUT2D eigenvalue weighted by Crippen LogP contribution is 2.28. The van der Waals surface area contributed by atoms with Gasteiger partial charge >= 0.3 is 0 Å². The van der Waals surface area contributed by atoms with Gasteiger partial charge in [0, 0.05) is 17.9 Å². The Balaban J connectivity index is 2.13. The van der Waals surface area contributed by atoms with E-state index in [1.165, 1.54) is 19.3 Å². The monoisotopic (exact) mass is 313 g/mol. The molecule has 0 radical (unpaired) electrons. The normalized spacial score (nSPS) is 15.6. The number of alkyl halides is 1. The number of ether oxygens (including phenoxy) is 1. The average Bonchev–Trinajstić information content (AvgIpc) is 2.25. The summed E-state index contributed by atoms with van der Waals surface area (Å²) in [5.74, 6) is 1.54. The molecule has 0 N–H and O–H groups in total. The van der Waals surface area contributed by atoms with Crippen molar-refractivity contribution in [2.45, 2.75) is 45.3 Å². The molecule has 2 rings (SSSR count). The van der Waals surface area contributed by atoms with Gasteiger partial charge in [-0.3, -0.25) is 4.98 Å². The number of rotatable bonds is 6. The van der Waals surface area contributed by atoms with Gasteiger partial charge in [0.2, 0.25) is 5.88 Å². The second-order valence-electron chi connectivity index (χ2n) is 4.85. The van der Waals surface area contributed by atoms with Crippen LogP contribution in [-0.2, 0) is 0 Å². The molecule has 1 saturated carbocycles. The van der Waals surface area contributed by atoms with Gasteiger partial charge in [0.15, 0.2) is 5.82 Å². The number of aromatic nitrogens is 2. The maximum Gasteiger partial charge on any atom is 0.234 e. The first-order chi connectivity index (χ1) is 8.70. The van der Waals surface area contributed by atoms with Gasteiger partial charge in [-0.05, 0) is 33.1 Å². The smallest absolute Gasteiger partial charge is 0.234 e. The molecule has 1 fully saturated rings. The Morgan fingerprint density at radius 1 is 1.44 bits per heavy atom. The Bertz CT molecular complexity index is 382. The van der Waals surface area contributed by atoms with Crippen molar-refractivity contribution >= 4 is 21.7 Å². The SMILES string of the molecule is CC(C)Oc1cncc(N(CCBr)C2CCC2)n1. The van der Waals surface area contributed by atoms with Crippen LogP contribution in [0.15, 0.2) is 12.4 Å². The maximum absolute atomic E-state index is 5.60. The van der Waals surface area contributed by atoms with E-state index in [0.717, 1.165) is 17.7 Å². The van der Waals surface area contributed by atoms with Crippen LogP contribution in [0.1, 0.15) is 33.1 Å². The van der Waals surface area contributed by atoms with Crippen LogP contribution in [0.25, 0.3) is 0 Å². The van der Waals surface area contributed by atoms with Gasteiger partial charge in [0.25, 0.3) is 0 Å². The van der Waals surface area contributed by atoms with Gasteiger partial charge in [0.05, 0.1) is 18.5 Å². The van der Waals surface area contributed by atoms with Crippen LogP contribution in [0.5, 0.6) is 5.88 Å². The van der Waals surface area contributed by atoms with E-state index in [1.54, 1.807) is 6.20 Å². The highest BCUT2D eigenvalue weighted by molar-refractivity contribution is 9.09. The second kappa shape index (κ2) is 6.36. The molecule has 1 aromatic rings. The number of nitrogens with zero attached hydrogens (tertiary/aromatic N) is 3. The van der Waals surface area contributed by atoms with Gasteiger partial charge in [-0.1, -0.05) is 15.9 Å². The molecule has 0 aliphatic heterocycles. The van der Waals surface area contributed by atoms with Crippen LogP contribution < -0.4 is 9.64 Å². The van der Waals surface area contributed by atoms with Crippen LogP contribution >= 0.6 is 15.9 Å². The molecule has 0 unspecified atom stereocenters. The molecule has 5 heteroatoms. The quantitative estimate of drug-likeness (QED) is 0.757. The molecule has 0 amide bonds. The molecular weight excluding hydrogens is 294 g/mol. The molecular formula is C13H20BrN3O. The summed E-state index contributed by atoms with van der Waals surface area (Å²) < 4.78 is 5.60. The predicted molar refractivity (Wildman–Crippen MR) is 76.6 cm³/mol. The standard InChI is InChI=1S/C13H20BrN3O/c1-10(2)18-13-9-15-8-12(16-13)17(7-6-14)11-4-3-5-11/h8-11H,3-7H2,1-2H3. The zero-order valence-corrected chi connectivity index (χ0v) is 12.6. The Morgan fingerprint density at radius 2 is 2.22 bits per heavy atom. The zero-order chi connectivity index (χ0) is 13.0. The zero-order valence-electron chi connectivity index (χ0n) is 11.0. The first-order valence-corrected chi connectivity index (χ1v) is 7.64. The average molecular weight is 314 g/mol. The van der Waals surface area contributed by atoms with Gasteiger partial charge in [0.1, 0.15) is 0 Å². The third-order valence-electron chi connectivity index (χ3n) is 3.09. The molecule has 0 bridgehead atoms. The maximum atomic E-state index is 5.60. The van der Waals surface area contributed by atoms with Crippen LogP contribution in [0.3, 0.4) is 0 Å². The Morgan fingerprint density at radius 3 is 2.78 bits per heavy atom. The molecule has 1 heterocycles. The fourth-order valence-corrected chi connectivity index (χ4v) is 2.43. The van der Waals surface area contributed by atoms with Crippen molar-refractivity contribution in [3.8, 4) is 5.88 Å². The van der Waals surface area contributed by atoms with Gasteiger partial charge in [-0.2, -0.15) is 4.98 Å². The predicted octanol–water partition coefficient (Wildman–Crippen LogP) is 3.02. The second-order valence-corrected chi connectivity index (χ2v) is 5.64. The van der Waals surface area contributed by atoms with Crippen molar-refractivity contribution in [3.63, 3.8) is 0 Å². The Kier molecular flexibility index (Phi) is 4.80. The number of hydrogen-bond acceptors (Lipinski definition) is 4. The van der Waals surface area contributed by atoms with E-state index in [9.17, 15) is 0 Å². The van der Waals surface area contributed by atoms with Crippen LogP contribution in [0, 0.1) is 0 Å². The van der Waals surface area contributed by atoms with E-state index < -0.39 is 0 Å². The van der Waals surface area contributed by atoms with Crippen molar-refractivity contribution < 1.29 is 4.74 Å². The summed E-state index contributed by atoms with van der Waals surface area (Å²) >= 11 is 3.51. The fourth-order valence-electron chi connectivity index (χ4n) is 2.05. The van der Waals surface area contributed by atoms with Crippen molar-refractivity contribution in [3.05, 3.63) is 12.4 Å². The first kappa shape index (κ1) is 13.6. The summed E-state index contributed by atoms with van der Waals surface area (Å²) in [6, 6.07) is 0.617. The molecule has 4 nitrogen and oxygen atoms in total. The summed E-state index contributed by atoms with van der Waals surface area (Å²) in [7, 11) is 0. The molecule has 0 saturated heterocycles. The molecule has 0 spiro atoms. The Labute approximate surface area is 117 Å². The third-order valence-corrected chi connectivity index (χ3v) is 3.45. The lowest BCUT2D eigenvalue weighted by Crippen LogP contribution is -2.42.